The number of thioether (sulfide) groups is 1. The molecule has 0 aliphatic rings. The SMILES string of the molecule is Cc1ccc(C(C)C)c(OCC(=O)NCc2nnc(SCC(=O)Nc3ccc(C)c(C)c3)n2C)c1. The maximum Gasteiger partial charge on any atom is 0.258 e. The van der Waals surface area contributed by atoms with Crippen LogP contribution in [0, 0.1) is 20.8 Å². The number of ether oxygens (including phenoxy) is 1. The van der Waals surface area contributed by atoms with Gasteiger partial charge < -0.3 is 19.9 Å². The van der Waals surface area contributed by atoms with Crippen LogP contribution in [0.2, 0.25) is 0 Å². The molecule has 3 aromatic rings. The lowest BCUT2D eigenvalue weighted by Gasteiger charge is -2.14. The van der Waals surface area contributed by atoms with E-state index in [1.807, 2.05) is 64.2 Å². The molecule has 2 aromatic carbocycles. The van der Waals surface area contributed by atoms with Gasteiger partial charge in [-0.15, -0.1) is 10.2 Å². The number of amides is 2. The van der Waals surface area contributed by atoms with Crippen molar-refractivity contribution in [3.8, 4) is 5.75 Å². The van der Waals surface area contributed by atoms with Gasteiger partial charge in [0.25, 0.3) is 5.91 Å². The van der Waals surface area contributed by atoms with E-state index in [1.54, 1.807) is 4.57 Å². The average molecular weight is 496 g/mol. The number of rotatable bonds is 10. The van der Waals surface area contributed by atoms with Gasteiger partial charge >= 0.3 is 0 Å². The highest BCUT2D eigenvalue weighted by atomic mass is 32.2. The van der Waals surface area contributed by atoms with Crippen molar-refractivity contribution in [3.63, 3.8) is 0 Å². The summed E-state index contributed by atoms with van der Waals surface area (Å²) in [5, 5.41) is 14.6. The van der Waals surface area contributed by atoms with Crippen molar-refractivity contribution in [3.05, 3.63) is 64.5 Å². The summed E-state index contributed by atoms with van der Waals surface area (Å²) in [6.45, 7) is 10.4. The smallest absolute Gasteiger partial charge is 0.258 e. The molecule has 0 spiro atoms. The zero-order valence-corrected chi connectivity index (χ0v) is 22.0. The number of nitrogens with one attached hydrogen (secondary N) is 2. The molecule has 0 saturated carbocycles. The third-order valence-corrected chi connectivity index (χ3v) is 6.66. The number of benzene rings is 2. The number of hydrogen-bond acceptors (Lipinski definition) is 6. The van der Waals surface area contributed by atoms with Crippen LogP contribution in [0.5, 0.6) is 5.75 Å². The van der Waals surface area contributed by atoms with Gasteiger partial charge in [0.1, 0.15) is 5.75 Å². The van der Waals surface area contributed by atoms with Gasteiger partial charge in [0.2, 0.25) is 5.91 Å². The Morgan fingerprint density at radius 2 is 1.80 bits per heavy atom. The zero-order valence-electron chi connectivity index (χ0n) is 21.1. The Hall–Kier alpha value is -3.33. The molecule has 3 rings (SSSR count). The predicted molar refractivity (Wildman–Crippen MR) is 139 cm³/mol. The molecule has 8 nitrogen and oxygen atoms in total. The molecule has 35 heavy (non-hydrogen) atoms. The zero-order chi connectivity index (χ0) is 25.5. The summed E-state index contributed by atoms with van der Waals surface area (Å²) in [7, 11) is 1.81. The topological polar surface area (TPSA) is 98.1 Å². The lowest BCUT2D eigenvalue weighted by atomic mass is 10.0. The molecular formula is C26H33N5O3S. The molecule has 0 radical (unpaired) electrons. The minimum Gasteiger partial charge on any atom is -0.483 e. The Labute approximate surface area is 210 Å². The molecule has 0 atom stereocenters. The molecule has 0 aliphatic carbocycles. The lowest BCUT2D eigenvalue weighted by molar-refractivity contribution is -0.123. The van der Waals surface area contributed by atoms with Crippen LogP contribution in [-0.4, -0.2) is 38.9 Å². The summed E-state index contributed by atoms with van der Waals surface area (Å²) in [5.41, 5.74) is 5.23. The van der Waals surface area contributed by atoms with Crippen LogP contribution in [-0.2, 0) is 23.2 Å². The molecule has 0 bridgehead atoms. The van der Waals surface area contributed by atoms with Crippen LogP contribution < -0.4 is 15.4 Å². The summed E-state index contributed by atoms with van der Waals surface area (Å²) < 4.78 is 7.56. The van der Waals surface area contributed by atoms with Crippen LogP contribution in [0.25, 0.3) is 0 Å². The molecule has 1 aromatic heterocycles. The van der Waals surface area contributed by atoms with Crippen LogP contribution in [0.3, 0.4) is 0 Å². The summed E-state index contributed by atoms with van der Waals surface area (Å²) >= 11 is 1.29. The quantitative estimate of drug-likeness (QED) is 0.407. The van der Waals surface area contributed by atoms with E-state index in [-0.39, 0.29) is 30.7 Å². The highest BCUT2D eigenvalue weighted by molar-refractivity contribution is 7.99. The normalized spacial score (nSPS) is 10.9. The van der Waals surface area contributed by atoms with Crippen molar-refractivity contribution in [2.75, 3.05) is 17.7 Å². The monoisotopic (exact) mass is 495 g/mol. The van der Waals surface area contributed by atoms with Crippen molar-refractivity contribution in [1.29, 1.82) is 0 Å². The highest BCUT2D eigenvalue weighted by Gasteiger charge is 2.14. The van der Waals surface area contributed by atoms with Gasteiger partial charge in [0.15, 0.2) is 17.6 Å². The second-order valence-electron chi connectivity index (χ2n) is 8.86. The van der Waals surface area contributed by atoms with Crippen molar-refractivity contribution < 1.29 is 14.3 Å². The first kappa shape index (κ1) is 26.3. The van der Waals surface area contributed by atoms with Crippen LogP contribution in [0.15, 0.2) is 41.6 Å². The van der Waals surface area contributed by atoms with Crippen molar-refractivity contribution >= 4 is 29.3 Å². The first-order valence-corrected chi connectivity index (χ1v) is 12.5. The molecule has 1 heterocycles. The predicted octanol–water partition coefficient (Wildman–Crippen LogP) is 4.29. The van der Waals surface area contributed by atoms with E-state index in [0.29, 0.717) is 16.9 Å². The molecule has 2 amide bonds. The van der Waals surface area contributed by atoms with E-state index in [9.17, 15) is 9.59 Å². The second-order valence-corrected chi connectivity index (χ2v) is 9.80. The van der Waals surface area contributed by atoms with E-state index in [2.05, 4.69) is 34.7 Å². The minimum absolute atomic E-state index is 0.0821. The maximum absolute atomic E-state index is 12.4. The van der Waals surface area contributed by atoms with Gasteiger partial charge in [0.05, 0.1) is 12.3 Å². The molecule has 186 valence electrons. The summed E-state index contributed by atoms with van der Waals surface area (Å²) in [4.78, 5) is 24.7. The molecule has 0 aliphatic heterocycles. The van der Waals surface area contributed by atoms with Gasteiger partial charge in [-0.1, -0.05) is 43.8 Å². The lowest BCUT2D eigenvalue weighted by Crippen LogP contribution is -2.29. The van der Waals surface area contributed by atoms with Gasteiger partial charge in [0, 0.05) is 12.7 Å². The number of carbonyl (C=O) groups excluding carboxylic acids is 2. The van der Waals surface area contributed by atoms with Crippen LogP contribution in [0.4, 0.5) is 5.69 Å². The first-order chi connectivity index (χ1) is 16.6. The fraction of sp³-hybridized carbons (Fsp3) is 0.385. The minimum atomic E-state index is -0.244. The van der Waals surface area contributed by atoms with Crippen molar-refractivity contribution in [2.24, 2.45) is 7.05 Å². The number of hydrogen-bond donors (Lipinski definition) is 2. The first-order valence-electron chi connectivity index (χ1n) is 11.5. The largest absolute Gasteiger partial charge is 0.483 e. The highest BCUT2D eigenvalue weighted by Crippen LogP contribution is 2.27. The van der Waals surface area contributed by atoms with Gasteiger partial charge in [-0.3, -0.25) is 9.59 Å². The van der Waals surface area contributed by atoms with Crippen molar-refractivity contribution in [2.45, 2.75) is 52.2 Å². The molecule has 9 heteroatoms. The molecule has 0 unspecified atom stereocenters. The summed E-state index contributed by atoms with van der Waals surface area (Å²) in [5.74, 6) is 1.46. The fourth-order valence-electron chi connectivity index (χ4n) is 3.39. The number of aryl methyl sites for hydroxylation is 3. The Kier molecular flexibility index (Phi) is 8.92. The van der Waals surface area contributed by atoms with Gasteiger partial charge in [-0.2, -0.15) is 0 Å². The van der Waals surface area contributed by atoms with Crippen LogP contribution in [0.1, 0.15) is 47.8 Å². The van der Waals surface area contributed by atoms with Crippen molar-refractivity contribution in [1.82, 2.24) is 20.1 Å². The second kappa shape index (κ2) is 11.9. The Morgan fingerprint density at radius 1 is 1.03 bits per heavy atom. The average Bonchev–Trinajstić information content (AvgIpc) is 3.16. The molecule has 2 N–H and O–H groups in total. The number of anilines is 1. The van der Waals surface area contributed by atoms with E-state index >= 15 is 0 Å². The molecule has 0 saturated heterocycles. The van der Waals surface area contributed by atoms with Gasteiger partial charge in [-0.25, -0.2) is 0 Å². The van der Waals surface area contributed by atoms with E-state index < -0.39 is 0 Å². The summed E-state index contributed by atoms with van der Waals surface area (Å²) in [6, 6.07) is 11.8. The number of aromatic nitrogens is 3. The molecule has 0 fully saturated rings. The third kappa shape index (κ3) is 7.32. The Morgan fingerprint density at radius 3 is 2.51 bits per heavy atom. The van der Waals surface area contributed by atoms with E-state index in [0.717, 1.165) is 28.1 Å². The maximum atomic E-state index is 12.4. The van der Waals surface area contributed by atoms with E-state index in [4.69, 9.17) is 4.74 Å². The standard InChI is InChI=1S/C26H33N5O3S/c1-16(2)21-10-7-17(3)11-22(21)34-14-24(32)27-13-23-29-30-26(31(23)6)35-15-25(33)28-20-9-8-18(4)19(5)12-20/h7-12,16H,13-15H2,1-6H3,(H,27,32)(H,28,33). The third-order valence-electron chi connectivity index (χ3n) is 5.64. The fourth-order valence-corrected chi connectivity index (χ4v) is 4.12. The number of carbonyl (C=O) groups is 2. The molecular weight excluding hydrogens is 462 g/mol. The summed E-state index contributed by atoms with van der Waals surface area (Å²) in [6.07, 6.45) is 0. The number of nitrogens with zero attached hydrogens (tertiary/aromatic N) is 3. The van der Waals surface area contributed by atoms with Gasteiger partial charge in [-0.05, 0) is 67.1 Å². The van der Waals surface area contributed by atoms with Crippen LogP contribution >= 0.6 is 11.8 Å². The Bertz CT molecular complexity index is 1210. The van der Waals surface area contributed by atoms with E-state index in [1.165, 1.54) is 17.3 Å². The Balaban J connectivity index is 1.47.